The Hall–Kier alpha value is -1.75. The lowest BCUT2D eigenvalue weighted by Crippen LogP contribution is -2.39. The third-order valence-electron chi connectivity index (χ3n) is 3.38. The van der Waals surface area contributed by atoms with E-state index < -0.39 is 0 Å². The number of carbonyl (C=O) groups excluding carboxylic acids is 1. The molecule has 5 N–H and O–H groups in total. The normalized spacial score (nSPS) is 16.8. The maximum atomic E-state index is 12.3. The van der Waals surface area contributed by atoms with E-state index in [0.717, 1.165) is 12.8 Å². The lowest BCUT2D eigenvalue weighted by Gasteiger charge is -2.31. The molecule has 98 valence electrons. The van der Waals surface area contributed by atoms with Gasteiger partial charge in [-0.1, -0.05) is 0 Å². The van der Waals surface area contributed by atoms with Crippen molar-refractivity contribution in [3.63, 3.8) is 0 Å². The number of anilines is 2. The average molecular weight is 249 g/mol. The van der Waals surface area contributed by atoms with Crippen molar-refractivity contribution in [3.8, 4) is 0 Å². The molecule has 5 nitrogen and oxygen atoms in total. The van der Waals surface area contributed by atoms with Crippen LogP contribution < -0.4 is 11.5 Å². The number of hydrogen-bond donors (Lipinski definition) is 3. The second kappa shape index (κ2) is 5.27. The minimum atomic E-state index is -0.0367. The predicted molar refractivity (Wildman–Crippen MR) is 71.0 cm³/mol. The number of nitrogens with zero attached hydrogens (tertiary/aromatic N) is 1. The van der Waals surface area contributed by atoms with E-state index in [4.69, 9.17) is 16.6 Å². The van der Waals surface area contributed by atoms with Crippen LogP contribution in [0.1, 0.15) is 23.2 Å². The number of rotatable bonds is 2. The van der Waals surface area contributed by atoms with Crippen molar-refractivity contribution in [3.05, 3.63) is 23.8 Å². The van der Waals surface area contributed by atoms with Gasteiger partial charge in [-0.05, 0) is 37.0 Å². The summed E-state index contributed by atoms with van der Waals surface area (Å²) in [6.45, 7) is 1.56. The van der Waals surface area contributed by atoms with Crippen molar-refractivity contribution in [1.82, 2.24) is 4.90 Å². The highest BCUT2D eigenvalue weighted by Gasteiger charge is 2.23. The van der Waals surface area contributed by atoms with Gasteiger partial charge in [0.05, 0.1) is 0 Å². The lowest BCUT2D eigenvalue weighted by molar-refractivity contribution is 0.0651. The number of nitrogens with two attached hydrogens (primary N) is 2. The van der Waals surface area contributed by atoms with Crippen LogP contribution in [0.15, 0.2) is 18.2 Å². The molecule has 0 aliphatic carbocycles. The van der Waals surface area contributed by atoms with Gasteiger partial charge in [-0.2, -0.15) is 0 Å². The molecule has 0 spiro atoms. The van der Waals surface area contributed by atoms with E-state index in [1.165, 1.54) is 0 Å². The van der Waals surface area contributed by atoms with Gasteiger partial charge in [0, 0.05) is 36.6 Å². The van der Waals surface area contributed by atoms with Gasteiger partial charge in [0.1, 0.15) is 0 Å². The molecule has 18 heavy (non-hydrogen) atoms. The van der Waals surface area contributed by atoms with Crippen LogP contribution in [0.2, 0.25) is 0 Å². The number of aliphatic hydroxyl groups is 1. The first-order valence-electron chi connectivity index (χ1n) is 6.16. The van der Waals surface area contributed by atoms with Crippen molar-refractivity contribution in [2.75, 3.05) is 31.2 Å². The molecule has 1 aliphatic rings. The Morgan fingerprint density at radius 1 is 1.22 bits per heavy atom. The Balaban J connectivity index is 2.07. The van der Waals surface area contributed by atoms with Crippen LogP contribution in [0, 0.1) is 5.92 Å². The summed E-state index contributed by atoms with van der Waals surface area (Å²) in [6, 6.07) is 4.93. The fourth-order valence-corrected chi connectivity index (χ4v) is 2.30. The quantitative estimate of drug-likeness (QED) is 0.672. The molecule has 1 saturated heterocycles. The number of nitrogen functional groups attached to an aromatic ring is 2. The van der Waals surface area contributed by atoms with Crippen molar-refractivity contribution in [2.45, 2.75) is 12.8 Å². The number of likely N-dealkylation sites (tertiary alicyclic amines) is 1. The Morgan fingerprint density at radius 2 is 1.78 bits per heavy atom. The summed E-state index contributed by atoms with van der Waals surface area (Å²) in [5.74, 6) is 0.283. The van der Waals surface area contributed by atoms with Gasteiger partial charge in [-0.25, -0.2) is 0 Å². The molecule has 5 heteroatoms. The van der Waals surface area contributed by atoms with E-state index in [2.05, 4.69) is 0 Å². The number of amides is 1. The Kier molecular flexibility index (Phi) is 3.72. The highest BCUT2D eigenvalue weighted by atomic mass is 16.3. The smallest absolute Gasteiger partial charge is 0.254 e. The fourth-order valence-electron chi connectivity index (χ4n) is 2.30. The maximum absolute atomic E-state index is 12.3. The molecule has 1 aromatic rings. The zero-order valence-electron chi connectivity index (χ0n) is 10.3. The summed E-state index contributed by atoms with van der Waals surface area (Å²) in [4.78, 5) is 14.0. The topological polar surface area (TPSA) is 92.6 Å². The number of benzene rings is 1. The zero-order chi connectivity index (χ0) is 13.1. The van der Waals surface area contributed by atoms with Crippen molar-refractivity contribution < 1.29 is 9.90 Å². The molecule has 1 fully saturated rings. The monoisotopic (exact) mass is 249 g/mol. The van der Waals surface area contributed by atoms with Crippen molar-refractivity contribution >= 4 is 17.3 Å². The number of piperidine rings is 1. The van der Waals surface area contributed by atoms with Crippen LogP contribution in [0.4, 0.5) is 11.4 Å². The number of hydrogen-bond acceptors (Lipinski definition) is 4. The number of aliphatic hydroxyl groups excluding tert-OH is 1. The SMILES string of the molecule is Nc1cc(N)cc(C(=O)N2CCC(CO)CC2)c1. The van der Waals surface area contributed by atoms with Crippen LogP contribution in [0.5, 0.6) is 0 Å². The van der Waals surface area contributed by atoms with Crippen LogP contribution in [0.3, 0.4) is 0 Å². The molecule has 1 heterocycles. The highest BCUT2D eigenvalue weighted by molar-refractivity contribution is 5.96. The Bertz CT molecular complexity index is 420. The molecule has 1 aliphatic heterocycles. The van der Waals surface area contributed by atoms with E-state index >= 15 is 0 Å². The molecule has 2 rings (SSSR count). The van der Waals surface area contributed by atoms with E-state index in [1.807, 2.05) is 0 Å². The minimum absolute atomic E-state index is 0.0367. The van der Waals surface area contributed by atoms with Crippen LogP contribution in [0.25, 0.3) is 0 Å². The van der Waals surface area contributed by atoms with Gasteiger partial charge >= 0.3 is 0 Å². The summed E-state index contributed by atoms with van der Waals surface area (Å²) in [5, 5.41) is 9.07. The first kappa shape index (κ1) is 12.7. The summed E-state index contributed by atoms with van der Waals surface area (Å²) in [7, 11) is 0. The summed E-state index contributed by atoms with van der Waals surface area (Å²) >= 11 is 0. The molecule has 1 amide bonds. The van der Waals surface area contributed by atoms with Gasteiger partial charge in [0.2, 0.25) is 0 Å². The molecule has 1 aromatic carbocycles. The largest absolute Gasteiger partial charge is 0.399 e. The first-order chi connectivity index (χ1) is 8.60. The zero-order valence-corrected chi connectivity index (χ0v) is 10.3. The van der Waals surface area contributed by atoms with Gasteiger partial charge < -0.3 is 21.5 Å². The van der Waals surface area contributed by atoms with Gasteiger partial charge in [0.25, 0.3) is 5.91 Å². The van der Waals surface area contributed by atoms with Crippen LogP contribution in [-0.2, 0) is 0 Å². The molecular weight excluding hydrogens is 230 g/mol. The molecule has 0 saturated carbocycles. The fraction of sp³-hybridized carbons (Fsp3) is 0.462. The second-order valence-corrected chi connectivity index (χ2v) is 4.81. The average Bonchev–Trinajstić information content (AvgIpc) is 2.37. The van der Waals surface area contributed by atoms with E-state index in [-0.39, 0.29) is 12.5 Å². The predicted octanol–water partition coefficient (Wildman–Crippen LogP) is 0.695. The maximum Gasteiger partial charge on any atom is 0.254 e. The van der Waals surface area contributed by atoms with Gasteiger partial charge in [0.15, 0.2) is 0 Å². The molecule has 0 aromatic heterocycles. The summed E-state index contributed by atoms with van der Waals surface area (Å²) < 4.78 is 0. The Labute approximate surface area is 106 Å². The summed E-state index contributed by atoms with van der Waals surface area (Å²) in [6.07, 6.45) is 1.69. The van der Waals surface area contributed by atoms with Crippen molar-refractivity contribution in [2.24, 2.45) is 5.92 Å². The third-order valence-corrected chi connectivity index (χ3v) is 3.38. The number of carbonyl (C=O) groups is 1. The molecule has 0 bridgehead atoms. The Morgan fingerprint density at radius 3 is 2.28 bits per heavy atom. The molecule has 0 atom stereocenters. The highest BCUT2D eigenvalue weighted by Crippen LogP contribution is 2.20. The second-order valence-electron chi connectivity index (χ2n) is 4.81. The van der Waals surface area contributed by atoms with Crippen LogP contribution in [-0.4, -0.2) is 35.6 Å². The molecular formula is C13H19N3O2. The molecule has 0 radical (unpaired) electrons. The van der Waals surface area contributed by atoms with Gasteiger partial charge in [-0.3, -0.25) is 4.79 Å². The van der Waals surface area contributed by atoms with E-state index in [1.54, 1.807) is 23.1 Å². The van der Waals surface area contributed by atoms with E-state index in [0.29, 0.717) is 35.9 Å². The van der Waals surface area contributed by atoms with E-state index in [9.17, 15) is 4.79 Å². The third kappa shape index (κ3) is 2.73. The summed E-state index contributed by atoms with van der Waals surface area (Å²) in [5.41, 5.74) is 12.9. The minimum Gasteiger partial charge on any atom is -0.399 e. The molecule has 0 unspecified atom stereocenters. The lowest BCUT2D eigenvalue weighted by atomic mass is 9.97. The van der Waals surface area contributed by atoms with Crippen molar-refractivity contribution in [1.29, 1.82) is 0 Å². The van der Waals surface area contributed by atoms with Gasteiger partial charge in [-0.15, -0.1) is 0 Å². The first-order valence-corrected chi connectivity index (χ1v) is 6.16. The standard InChI is InChI=1S/C13H19N3O2/c14-11-5-10(6-12(15)7-11)13(18)16-3-1-9(8-17)2-4-16/h5-7,9,17H,1-4,8,14-15H2. The van der Waals surface area contributed by atoms with Crippen LogP contribution >= 0.6 is 0 Å².